The Morgan fingerprint density at radius 2 is 1.85 bits per heavy atom. The molecular weight excluding hydrogens is 534 g/mol. The zero-order valence-electron chi connectivity index (χ0n) is 23.2. The standard InChI is InChI=1S/C30H36F2N4O5/c1-19(37)36-17-22(21-10-11-26(41-30(31)32)27(15-21)40-18-20-8-9-20)14-25(36)28(38)33-16-23-6-5-7-24(34-23)29(39)35-12-3-2-4-13-35/h5-7,10-11,15,20,22,25,30H,2-4,8-9,12-14,16-18H2,1H3,(H,33,38)/t22?,25-/m1/s1. The Bertz CT molecular complexity index is 1270. The average Bonchev–Trinajstić information content (AvgIpc) is 3.70. The topological polar surface area (TPSA) is 101 Å². The van der Waals surface area contributed by atoms with E-state index in [2.05, 4.69) is 15.0 Å². The van der Waals surface area contributed by atoms with Gasteiger partial charge in [0.1, 0.15) is 11.7 Å². The molecule has 2 aliphatic heterocycles. The second-order valence-electron chi connectivity index (χ2n) is 11.0. The molecule has 3 aliphatic rings. The van der Waals surface area contributed by atoms with Crippen molar-refractivity contribution in [1.82, 2.24) is 20.1 Å². The minimum Gasteiger partial charge on any atom is -0.489 e. The predicted octanol–water partition coefficient (Wildman–Crippen LogP) is 4.12. The van der Waals surface area contributed by atoms with Gasteiger partial charge in [-0.2, -0.15) is 8.78 Å². The van der Waals surface area contributed by atoms with Crippen LogP contribution in [-0.4, -0.2) is 71.4 Å². The minimum absolute atomic E-state index is 0.0337. The van der Waals surface area contributed by atoms with Gasteiger partial charge in [0.15, 0.2) is 11.5 Å². The van der Waals surface area contributed by atoms with Gasteiger partial charge in [0.2, 0.25) is 11.8 Å². The Balaban J connectivity index is 1.24. The SMILES string of the molecule is CC(=O)N1CC(c2ccc(OC(F)F)c(OCC3CC3)c2)C[C@@H]1C(=O)NCc1cccc(C(=O)N2CCCCC2)n1. The summed E-state index contributed by atoms with van der Waals surface area (Å²) in [6.07, 6.45) is 5.55. The monoisotopic (exact) mass is 570 g/mol. The van der Waals surface area contributed by atoms with Crippen LogP contribution in [0.25, 0.3) is 0 Å². The van der Waals surface area contributed by atoms with E-state index in [4.69, 9.17) is 4.74 Å². The summed E-state index contributed by atoms with van der Waals surface area (Å²) in [4.78, 5) is 46.4. The number of ether oxygens (including phenoxy) is 2. The first-order chi connectivity index (χ1) is 19.8. The molecule has 2 atom stereocenters. The maximum Gasteiger partial charge on any atom is 0.387 e. The highest BCUT2D eigenvalue weighted by Crippen LogP contribution is 2.39. The summed E-state index contributed by atoms with van der Waals surface area (Å²) >= 11 is 0. The number of hydrogen-bond donors (Lipinski definition) is 1. The largest absolute Gasteiger partial charge is 0.489 e. The summed E-state index contributed by atoms with van der Waals surface area (Å²) in [5, 5.41) is 2.88. The quantitative estimate of drug-likeness (QED) is 0.461. The summed E-state index contributed by atoms with van der Waals surface area (Å²) in [6, 6.07) is 9.30. The summed E-state index contributed by atoms with van der Waals surface area (Å²) in [5.74, 6) is -0.228. The van der Waals surface area contributed by atoms with Crippen molar-refractivity contribution in [2.75, 3.05) is 26.2 Å². The summed E-state index contributed by atoms with van der Waals surface area (Å²) in [5.41, 5.74) is 1.69. The molecular formula is C30H36F2N4O5. The van der Waals surface area contributed by atoms with Gasteiger partial charge in [-0.1, -0.05) is 12.1 Å². The molecule has 2 saturated heterocycles. The molecule has 5 rings (SSSR count). The Kier molecular flexibility index (Phi) is 8.99. The molecule has 0 radical (unpaired) electrons. The highest BCUT2D eigenvalue weighted by atomic mass is 19.3. The van der Waals surface area contributed by atoms with Crippen LogP contribution in [0.5, 0.6) is 11.5 Å². The van der Waals surface area contributed by atoms with E-state index in [0.717, 1.165) is 50.8 Å². The van der Waals surface area contributed by atoms with Crippen LogP contribution in [0.1, 0.15) is 73.1 Å². The van der Waals surface area contributed by atoms with Crippen LogP contribution < -0.4 is 14.8 Å². The fourth-order valence-electron chi connectivity index (χ4n) is 5.50. The third-order valence-corrected chi connectivity index (χ3v) is 7.95. The molecule has 1 N–H and O–H groups in total. The van der Waals surface area contributed by atoms with Crippen molar-refractivity contribution in [2.45, 2.75) is 70.6 Å². The fourth-order valence-corrected chi connectivity index (χ4v) is 5.50. The Morgan fingerprint density at radius 1 is 1.07 bits per heavy atom. The van der Waals surface area contributed by atoms with Crippen molar-refractivity contribution in [2.24, 2.45) is 5.92 Å². The van der Waals surface area contributed by atoms with Gasteiger partial charge in [0.05, 0.1) is 18.8 Å². The van der Waals surface area contributed by atoms with E-state index >= 15 is 0 Å². The van der Waals surface area contributed by atoms with Crippen molar-refractivity contribution in [1.29, 1.82) is 0 Å². The molecule has 3 heterocycles. The fraction of sp³-hybridized carbons (Fsp3) is 0.533. The van der Waals surface area contributed by atoms with Crippen LogP contribution in [0.15, 0.2) is 36.4 Å². The number of carbonyl (C=O) groups excluding carboxylic acids is 3. The van der Waals surface area contributed by atoms with E-state index in [9.17, 15) is 23.2 Å². The predicted molar refractivity (Wildman–Crippen MR) is 146 cm³/mol. The van der Waals surface area contributed by atoms with E-state index < -0.39 is 12.7 Å². The molecule has 3 amide bonds. The molecule has 11 heteroatoms. The number of nitrogens with zero attached hydrogens (tertiary/aromatic N) is 3. The number of piperidine rings is 1. The molecule has 2 aromatic rings. The van der Waals surface area contributed by atoms with Crippen molar-refractivity contribution in [3.63, 3.8) is 0 Å². The second kappa shape index (κ2) is 12.8. The van der Waals surface area contributed by atoms with Crippen molar-refractivity contribution >= 4 is 17.7 Å². The number of nitrogens with one attached hydrogen (secondary N) is 1. The first-order valence-corrected chi connectivity index (χ1v) is 14.3. The molecule has 9 nitrogen and oxygen atoms in total. The molecule has 0 spiro atoms. The van der Waals surface area contributed by atoms with Gasteiger partial charge in [0, 0.05) is 32.5 Å². The van der Waals surface area contributed by atoms with Gasteiger partial charge >= 0.3 is 6.61 Å². The smallest absolute Gasteiger partial charge is 0.387 e. The lowest BCUT2D eigenvalue weighted by atomic mass is 9.95. The normalized spacial score (nSPS) is 20.7. The summed E-state index contributed by atoms with van der Waals surface area (Å²) in [6.45, 7) is 0.743. The molecule has 0 bridgehead atoms. The third kappa shape index (κ3) is 7.31. The molecule has 1 aromatic heterocycles. The maximum absolute atomic E-state index is 13.3. The highest BCUT2D eigenvalue weighted by molar-refractivity contribution is 5.92. The molecule has 220 valence electrons. The van der Waals surface area contributed by atoms with E-state index in [1.165, 1.54) is 17.9 Å². The Morgan fingerprint density at radius 3 is 2.56 bits per heavy atom. The van der Waals surface area contributed by atoms with Gasteiger partial charge in [0.25, 0.3) is 5.91 Å². The van der Waals surface area contributed by atoms with E-state index in [-0.39, 0.29) is 41.7 Å². The number of alkyl halides is 2. The van der Waals surface area contributed by atoms with Crippen LogP contribution >= 0.6 is 0 Å². The summed E-state index contributed by atoms with van der Waals surface area (Å²) < 4.78 is 36.4. The van der Waals surface area contributed by atoms with Gasteiger partial charge < -0.3 is 24.6 Å². The number of rotatable bonds is 10. The van der Waals surface area contributed by atoms with Gasteiger partial charge in [-0.15, -0.1) is 0 Å². The Hall–Kier alpha value is -3.76. The molecule has 1 aliphatic carbocycles. The van der Waals surface area contributed by atoms with Gasteiger partial charge in [-0.25, -0.2) is 4.98 Å². The van der Waals surface area contributed by atoms with E-state index in [1.807, 2.05) is 4.90 Å². The maximum atomic E-state index is 13.3. The highest BCUT2D eigenvalue weighted by Gasteiger charge is 2.39. The first-order valence-electron chi connectivity index (χ1n) is 14.3. The number of benzene rings is 1. The lowest BCUT2D eigenvalue weighted by molar-refractivity contribution is -0.136. The van der Waals surface area contributed by atoms with Crippen LogP contribution in [0.2, 0.25) is 0 Å². The number of pyridine rings is 1. The number of hydrogen-bond acceptors (Lipinski definition) is 6. The van der Waals surface area contributed by atoms with Crippen molar-refractivity contribution < 1.29 is 32.6 Å². The number of amides is 3. The first kappa shape index (κ1) is 28.8. The zero-order chi connectivity index (χ0) is 28.9. The molecule has 3 fully saturated rings. The molecule has 1 saturated carbocycles. The van der Waals surface area contributed by atoms with Gasteiger partial charge in [-0.05, 0) is 74.3 Å². The lowest BCUT2D eigenvalue weighted by Gasteiger charge is -2.26. The lowest BCUT2D eigenvalue weighted by Crippen LogP contribution is -2.45. The van der Waals surface area contributed by atoms with E-state index in [1.54, 1.807) is 30.3 Å². The number of likely N-dealkylation sites (tertiary alicyclic amines) is 2. The summed E-state index contributed by atoms with van der Waals surface area (Å²) in [7, 11) is 0. The van der Waals surface area contributed by atoms with Crippen LogP contribution in [-0.2, 0) is 16.1 Å². The van der Waals surface area contributed by atoms with Crippen molar-refractivity contribution in [3.8, 4) is 11.5 Å². The third-order valence-electron chi connectivity index (χ3n) is 7.95. The molecule has 41 heavy (non-hydrogen) atoms. The number of halogens is 2. The molecule has 1 unspecified atom stereocenters. The number of carbonyl (C=O) groups is 3. The van der Waals surface area contributed by atoms with Crippen LogP contribution in [0, 0.1) is 5.92 Å². The van der Waals surface area contributed by atoms with Crippen molar-refractivity contribution in [3.05, 3.63) is 53.3 Å². The zero-order valence-corrected chi connectivity index (χ0v) is 23.2. The minimum atomic E-state index is -2.98. The Labute approximate surface area is 238 Å². The van der Waals surface area contributed by atoms with E-state index in [0.29, 0.717) is 36.9 Å². The second-order valence-corrected chi connectivity index (χ2v) is 11.0. The van der Waals surface area contributed by atoms with Gasteiger partial charge in [-0.3, -0.25) is 14.4 Å². The van der Waals surface area contributed by atoms with Crippen LogP contribution in [0.3, 0.4) is 0 Å². The average molecular weight is 571 g/mol. The number of aromatic nitrogens is 1. The molecule has 1 aromatic carbocycles. The van der Waals surface area contributed by atoms with Crippen LogP contribution in [0.4, 0.5) is 8.78 Å².